The molecule has 6 heteroatoms. The first-order valence-corrected chi connectivity index (χ1v) is 5.86. The fraction of sp³-hybridized carbons (Fsp3) is 0.0769. The number of nitrogens with zero attached hydrogens (tertiary/aromatic N) is 2. The van der Waals surface area contributed by atoms with E-state index in [2.05, 4.69) is 10.1 Å². The molecular weight excluding hydrogens is 266 g/mol. The fourth-order valence-corrected chi connectivity index (χ4v) is 1.67. The van der Waals surface area contributed by atoms with Gasteiger partial charge >= 0.3 is 0 Å². The number of aromatic nitrogens is 1. The molecule has 0 aliphatic rings. The van der Waals surface area contributed by atoms with Crippen molar-refractivity contribution in [2.45, 2.75) is 6.92 Å². The zero-order valence-electron chi connectivity index (χ0n) is 10.2. The van der Waals surface area contributed by atoms with Crippen LogP contribution in [0.1, 0.15) is 11.1 Å². The zero-order valence-corrected chi connectivity index (χ0v) is 10.9. The topological polar surface area (TPSA) is 80.7 Å². The maximum Gasteiger partial charge on any atom is 0.230 e. The van der Waals surface area contributed by atoms with Crippen molar-refractivity contribution in [1.82, 2.24) is 4.98 Å². The van der Waals surface area contributed by atoms with E-state index in [9.17, 15) is 0 Å². The second-order valence-corrected chi connectivity index (χ2v) is 4.29. The SMILES string of the molecule is Cc1ccc(Cl)cc1Oc1ncccc1C(N)=NO. The van der Waals surface area contributed by atoms with Gasteiger partial charge < -0.3 is 15.7 Å². The summed E-state index contributed by atoms with van der Waals surface area (Å²) in [4.78, 5) is 4.08. The molecule has 19 heavy (non-hydrogen) atoms. The molecule has 0 atom stereocenters. The van der Waals surface area contributed by atoms with Crippen LogP contribution >= 0.6 is 11.6 Å². The molecule has 0 aliphatic carbocycles. The smallest absolute Gasteiger partial charge is 0.230 e. The summed E-state index contributed by atoms with van der Waals surface area (Å²) < 4.78 is 5.68. The molecule has 0 unspecified atom stereocenters. The molecule has 1 heterocycles. The van der Waals surface area contributed by atoms with Gasteiger partial charge in [-0.2, -0.15) is 0 Å². The van der Waals surface area contributed by atoms with Crippen LogP contribution < -0.4 is 10.5 Å². The number of benzene rings is 1. The molecular formula is C13H12ClN3O2. The number of ether oxygens (including phenoxy) is 1. The molecule has 1 aromatic heterocycles. The van der Waals surface area contributed by atoms with Gasteiger partial charge in [0.2, 0.25) is 5.88 Å². The molecule has 0 spiro atoms. The van der Waals surface area contributed by atoms with E-state index in [-0.39, 0.29) is 11.7 Å². The fourth-order valence-electron chi connectivity index (χ4n) is 1.51. The molecule has 5 nitrogen and oxygen atoms in total. The Hall–Kier alpha value is -2.27. The average molecular weight is 278 g/mol. The lowest BCUT2D eigenvalue weighted by molar-refractivity contribution is 0.318. The van der Waals surface area contributed by atoms with Gasteiger partial charge in [-0.15, -0.1) is 0 Å². The Morgan fingerprint density at radius 2 is 2.21 bits per heavy atom. The monoisotopic (exact) mass is 277 g/mol. The lowest BCUT2D eigenvalue weighted by atomic mass is 10.2. The summed E-state index contributed by atoms with van der Waals surface area (Å²) >= 11 is 5.92. The van der Waals surface area contributed by atoms with Gasteiger partial charge in [-0.05, 0) is 36.8 Å². The molecule has 2 aromatic rings. The summed E-state index contributed by atoms with van der Waals surface area (Å²) in [6, 6.07) is 8.61. The van der Waals surface area contributed by atoms with E-state index >= 15 is 0 Å². The second-order valence-electron chi connectivity index (χ2n) is 3.85. The van der Waals surface area contributed by atoms with E-state index in [1.54, 1.807) is 30.5 Å². The van der Waals surface area contributed by atoms with Crippen LogP contribution in [-0.2, 0) is 0 Å². The van der Waals surface area contributed by atoms with Crippen LogP contribution in [0.5, 0.6) is 11.6 Å². The number of rotatable bonds is 3. The summed E-state index contributed by atoms with van der Waals surface area (Å²) in [6.07, 6.45) is 1.56. The van der Waals surface area contributed by atoms with Crippen LogP contribution in [0.25, 0.3) is 0 Å². The van der Waals surface area contributed by atoms with Crippen LogP contribution in [0.2, 0.25) is 5.02 Å². The van der Waals surface area contributed by atoms with E-state index in [0.717, 1.165) is 5.56 Å². The molecule has 0 aliphatic heterocycles. The number of hydrogen-bond acceptors (Lipinski definition) is 4. The predicted molar refractivity (Wildman–Crippen MR) is 73.0 cm³/mol. The summed E-state index contributed by atoms with van der Waals surface area (Å²) in [7, 11) is 0. The van der Waals surface area contributed by atoms with Crippen LogP contribution in [0, 0.1) is 6.92 Å². The van der Waals surface area contributed by atoms with Gasteiger partial charge in [0.05, 0.1) is 5.56 Å². The van der Waals surface area contributed by atoms with Gasteiger partial charge in [0, 0.05) is 11.2 Å². The van der Waals surface area contributed by atoms with Crippen LogP contribution in [0.4, 0.5) is 0 Å². The molecule has 0 radical (unpaired) electrons. The number of pyridine rings is 1. The lowest BCUT2D eigenvalue weighted by Crippen LogP contribution is -2.14. The first-order chi connectivity index (χ1) is 9.11. The summed E-state index contributed by atoms with van der Waals surface area (Å²) in [5.41, 5.74) is 6.88. The Morgan fingerprint density at radius 1 is 1.42 bits per heavy atom. The quantitative estimate of drug-likeness (QED) is 0.391. The van der Waals surface area contributed by atoms with E-state index in [1.807, 2.05) is 13.0 Å². The van der Waals surface area contributed by atoms with Crippen molar-refractivity contribution in [1.29, 1.82) is 0 Å². The maximum absolute atomic E-state index is 8.74. The van der Waals surface area contributed by atoms with Crippen molar-refractivity contribution < 1.29 is 9.94 Å². The Labute approximate surface area is 115 Å². The van der Waals surface area contributed by atoms with Crippen molar-refractivity contribution in [3.8, 4) is 11.6 Å². The Kier molecular flexibility index (Phi) is 3.87. The normalized spacial score (nSPS) is 11.4. The van der Waals surface area contributed by atoms with E-state index < -0.39 is 0 Å². The molecule has 0 fully saturated rings. The van der Waals surface area contributed by atoms with Crippen LogP contribution in [-0.4, -0.2) is 16.0 Å². The van der Waals surface area contributed by atoms with Gasteiger partial charge in [-0.25, -0.2) is 4.98 Å². The van der Waals surface area contributed by atoms with Crippen molar-refractivity contribution in [3.63, 3.8) is 0 Å². The minimum Gasteiger partial charge on any atom is -0.438 e. The van der Waals surface area contributed by atoms with Gasteiger partial charge in [0.25, 0.3) is 0 Å². The summed E-state index contributed by atoms with van der Waals surface area (Å²) in [5, 5.41) is 12.2. The third kappa shape index (κ3) is 2.95. The van der Waals surface area contributed by atoms with Crippen LogP contribution in [0.3, 0.4) is 0 Å². The first kappa shape index (κ1) is 13.2. The largest absolute Gasteiger partial charge is 0.438 e. The number of hydrogen-bond donors (Lipinski definition) is 2. The highest BCUT2D eigenvalue weighted by atomic mass is 35.5. The molecule has 0 amide bonds. The lowest BCUT2D eigenvalue weighted by Gasteiger charge is -2.11. The highest BCUT2D eigenvalue weighted by Gasteiger charge is 2.11. The highest BCUT2D eigenvalue weighted by molar-refractivity contribution is 6.30. The molecule has 2 rings (SSSR count). The van der Waals surface area contributed by atoms with Crippen LogP contribution in [0.15, 0.2) is 41.7 Å². The average Bonchev–Trinajstić information content (AvgIpc) is 2.42. The van der Waals surface area contributed by atoms with Crippen molar-refractivity contribution in [2.75, 3.05) is 0 Å². The minimum atomic E-state index is -0.0669. The first-order valence-electron chi connectivity index (χ1n) is 5.48. The zero-order chi connectivity index (χ0) is 13.8. The summed E-state index contributed by atoms with van der Waals surface area (Å²) in [5.74, 6) is 0.754. The Bertz CT molecular complexity index is 629. The van der Waals surface area contributed by atoms with Crippen molar-refractivity contribution in [3.05, 3.63) is 52.7 Å². The van der Waals surface area contributed by atoms with Gasteiger partial charge in [0.1, 0.15) is 5.75 Å². The number of aryl methyl sites for hydroxylation is 1. The number of halogens is 1. The number of oxime groups is 1. The Morgan fingerprint density at radius 3 is 2.95 bits per heavy atom. The molecule has 98 valence electrons. The molecule has 0 saturated heterocycles. The number of amidine groups is 1. The Balaban J connectivity index is 2.41. The van der Waals surface area contributed by atoms with Gasteiger partial charge in [0.15, 0.2) is 5.84 Å². The second kappa shape index (κ2) is 5.58. The standard InChI is InChI=1S/C13H12ClN3O2/c1-8-4-5-9(14)7-11(8)19-13-10(12(15)17-18)3-2-6-16-13/h2-7,18H,1H3,(H2,15,17). The van der Waals surface area contributed by atoms with Gasteiger partial charge in [-0.1, -0.05) is 22.8 Å². The third-order valence-electron chi connectivity index (χ3n) is 2.51. The third-order valence-corrected chi connectivity index (χ3v) is 2.75. The number of nitrogens with two attached hydrogens (primary N) is 1. The molecule has 0 bridgehead atoms. The highest BCUT2D eigenvalue weighted by Crippen LogP contribution is 2.28. The maximum atomic E-state index is 8.74. The van der Waals surface area contributed by atoms with E-state index in [0.29, 0.717) is 16.3 Å². The van der Waals surface area contributed by atoms with Crippen molar-refractivity contribution >= 4 is 17.4 Å². The molecule has 3 N–H and O–H groups in total. The predicted octanol–water partition coefficient (Wildman–Crippen LogP) is 2.93. The van der Waals surface area contributed by atoms with E-state index in [4.69, 9.17) is 27.3 Å². The van der Waals surface area contributed by atoms with Crippen molar-refractivity contribution in [2.24, 2.45) is 10.9 Å². The molecule has 1 aromatic carbocycles. The molecule has 0 saturated carbocycles. The van der Waals surface area contributed by atoms with Gasteiger partial charge in [-0.3, -0.25) is 0 Å². The summed E-state index contributed by atoms with van der Waals surface area (Å²) in [6.45, 7) is 1.89. The minimum absolute atomic E-state index is 0.0669. The van der Waals surface area contributed by atoms with E-state index in [1.165, 1.54) is 0 Å².